The molecule has 20 heavy (non-hydrogen) atoms. The van der Waals surface area contributed by atoms with Crippen molar-refractivity contribution in [1.82, 2.24) is 0 Å². The summed E-state index contributed by atoms with van der Waals surface area (Å²) >= 11 is 0. The Morgan fingerprint density at radius 3 is 2.00 bits per heavy atom. The Kier molecular flexibility index (Phi) is 3.85. The molecule has 0 fully saturated rings. The van der Waals surface area contributed by atoms with E-state index in [1.165, 1.54) is 33.0 Å². The first-order valence-corrected chi connectivity index (χ1v) is 7.94. The number of fused-ring (bicyclic) bond motifs is 1. The summed E-state index contributed by atoms with van der Waals surface area (Å²) in [6.07, 6.45) is 2.10. The van der Waals surface area contributed by atoms with Crippen molar-refractivity contribution in [1.29, 1.82) is 0 Å². The van der Waals surface area contributed by atoms with Crippen LogP contribution in [-0.2, 0) is 12.6 Å². The molecule has 0 N–H and O–H groups in total. The van der Waals surface area contributed by atoms with Gasteiger partial charge in [0.2, 0.25) is 0 Å². The summed E-state index contributed by atoms with van der Waals surface area (Å²) in [4.78, 5) is 0. The smallest absolute Gasteiger partial charge is 0.0128 e. The second-order valence-corrected chi connectivity index (χ2v) is 5.56. The fourth-order valence-electron chi connectivity index (χ4n) is 2.53. The minimum absolute atomic E-state index is 1.01. The monoisotopic (exact) mass is 278 g/mol. The van der Waals surface area contributed by atoms with Crippen LogP contribution >= 0.6 is 9.24 Å². The van der Waals surface area contributed by atoms with E-state index in [4.69, 9.17) is 0 Å². The SMILES string of the molecule is CCc1ccc2cc(-c3ccc(CP)cc3)ccc2c1. The molecule has 3 aromatic rings. The van der Waals surface area contributed by atoms with Crippen molar-refractivity contribution in [3.63, 3.8) is 0 Å². The summed E-state index contributed by atoms with van der Waals surface area (Å²) < 4.78 is 0. The molecule has 0 saturated heterocycles. The van der Waals surface area contributed by atoms with E-state index in [2.05, 4.69) is 76.8 Å². The molecular formula is C19H19P. The topological polar surface area (TPSA) is 0 Å². The molecule has 0 amide bonds. The van der Waals surface area contributed by atoms with Crippen LogP contribution in [0.25, 0.3) is 21.9 Å². The molecule has 0 heterocycles. The molecule has 1 heteroatoms. The highest BCUT2D eigenvalue weighted by Crippen LogP contribution is 2.26. The molecule has 100 valence electrons. The van der Waals surface area contributed by atoms with E-state index in [0.29, 0.717) is 0 Å². The standard InChI is InChI=1S/C19H19P/c1-2-14-3-8-19-12-18(10-9-17(19)11-14)16-6-4-15(13-20)5-7-16/h3-12H,2,13,20H2,1H3. The summed E-state index contributed by atoms with van der Waals surface area (Å²) in [7, 11) is 2.77. The summed E-state index contributed by atoms with van der Waals surface area (Å²) in [6.45, 7) is 2.20. The van der Waals surface area contributed by atoms with E-state index >= 15 is 0 Å². The van der Waals surface area contributed by atoms with Gasteiger partial charge < -0.3 is 0 Å². The summed E-state index contributed by atoms with van der Waals surface area (Å²) in [6, 6.07) is 22.3. The Labute approximate surface area is 123 Å². The van der Waals surface area contributed by atoms with E-state index in [0.717, 1.165) is 12.6 Å². The molecule has 0 nitrogen and oxygen atoms in total. The van der Waals surface area contributed by atoms with Crippen molar-refractivity contribution in [2.24, 2.45) is 0 Å². The zero-order chi connectivity index (χ0) is 13.9. The Morgan fingerprint density at radius 1 is 0.700 bits per heavy atom. The third-order valence-electron chi connectivity index (χ3n) is 3.84. The van der Waals surface area contributed by atoms with Crippen molar-refractivity contribution < 1.29 is 0 Å². The average molecular weight is 278 g/mol. The molecular weight excluding hydrogens is 259 g/mol. The molecule has 3 aromatic carbocycles. The Balaban J connectivity index is 2.03. The van der Waals surface area contributed by atoms with Crippen LogP contribution in [0.3, 0.4) is 0 Å². The second-order valence-electron chi connectivity index (χ2n) is 5.15. The number of aryl methyl sites for hydroxylation is 1. The van der Waals surface area contributed by atoms with Crippen LogP contribution < -0.4 is 0 Å². The lowest BCUT2D eigenvalue weighted by atomic mass is 9.99. The highest BCUT2D eigenvalue weighted by atomic mass is 31.0. The van der Waals surface area contributed by atoms with Gasteiger partial charge in [0, 0.05) is 0 Å². The predicted molar refractivity (Wildman–Crippen MR) is 92.2 cm³/mol. The van der Waals surface area contributed by atoms with Gasteiger partial charge in [-0.15, -0.1) is 9.24 Å². The zero-order valence-electron chi connectivity index (χ0n) is 11.8. The molecule has 0 aliphatic carbocycles. The van der Waals surface area contributed by atoms with E-state index in [9.17, 15) is 0 Å². The zero-order valence-corrected chi connectivity index (χ0v) is 12.9. The maximum atomic E-state index is 2.77. The van der Waals surface area contributed by atoms with Crippen LogP contribution in [0.15, 0.2) is 60.7 Å². The van der Waals surface area contributed by atoms with Gasteiger partial charge in [-0.05, 0) is 51.7 Å². The van der Waals surface area contributed by atoms with Crippen molar-refractivity contribution in [3.8, 4) is 11.1 Å². The number of rotatable bonds is 3. The van der Waals surface area contributed by atoms with Gasteiger partial charge >= 0.3 is 0 Å². The van der Waals surface area contributed by atoms with E-state index in [1.807, 2.05) is 0 Å². The minimum atomic E-state index is 1.01. The summed E-state index contributed by atoms with van der Waals surface area (Å²) in [5.41, 5.74) is 5.33. The van der Waals surface area contributed by atoms with E-state index < -0.39 is 0 Å². The first kappa shape index (κ1) is 13.3. The third kappa shape index (κ3) is 2.62. The van der Waals surface area contributed by atoms with Crippen LogP contribution in [-0.4, -0.2) is 0 Å². The summed E-state index contributed by atoms with van der Waals surface area (Å²) in [5, 5.41) is 2.64. The van der Waals surface area contributed by atoms with E-state index in [1.54, 1.807) is 0 Å². The normalized spacial score (nSPS) is 10.9. The van der Waals surface area contributed by atoms with E-state index in [-0.39, 0.29) is 0 Å². The van der Waals surface area contributed by atoms with Gasteiger partial charge in [-0.1, -0.05) is 61.5 Å². The highest BCUT2D eigenvalue weighted by Gasteiger charge is 2.01. The van der Waals surface area contributed by atoms with Crippen LogP contribution in [0.5, 0.6) is 0 Å². The van der Waals surface area contributed by atoms with Gasteiger partial charge in [-0.2, -0.15) is 0 Å². The first-order valence-electron chi connectivity index (χ1n) is 7.12. The quantitative estimate of drug-likeness (QED) is 0.559. The fraction of sp³-hybridized carbons (Fsp3) is 0.158. The van der Waals surface area contributed by atoms with Crippen molar-refractivity contribution in [3.05, 3.63) is 71.8 Å². The molecule has 0 saturated carbocycles. The lowest BCUT2D eigenvalue weighted by Gasteiger charge is -2.06. The lowest BCUT2D eigenvalue weighted by molar-refractivity contribution is 1.15. The van der Waals surface area contributed by atoms with Crippen LogP contribution in [0.1, 0.15) is 18.1 Å². The maximum absolute atomic E-state index is 2.77. The summed E-state index contributed by atoms with van der Waals surface area (Å²) in [5.74, 6) is 0. The van der Waals surface area contributed by atoms with Crippen LogP contribution in [0.4, 0.5) is 0 Å². The van der Waals surface area contributed by atoms with Gasteiger partial charge in [0.1, 0.15) is 0 Å². The molecule has 3 rings (SSSR count). The minimum Gasteiger partial charge on any atom is -0.133 e. The van der Waals surface area contributed by atoms with Gasteiger partial charge in [0.05, 0.1) is 0 Å². The lowest BCUT2D eigenvalue weighted by Crippen LogP contribution is -1.83. The Hall–Kier alpha value is -1.65. The van der Waals surface area contributed by atoms with Gasteiger partial charge in [0.15, 0.2) is 0 Å². The Morgan fingerprint density at radius 2 is 1.30 bits per heavy atom. The maximum Gasteiger partial charge on any atom is -0.0128 e. The largest absolute Gasteiger partial charge is 0.133 e. The average Bonchev–Trinajstić information content (AvgIpc) is 2.54. The molecule has 1 atom stereocenters. The number of hydrogen-bond donors (Lipinski definition) is 0. The van der Waals surface area contributed by atoms with Crippen molar-refractivity contribution >= 4 is 20.0 Å². The number of hydrogen-bond acceptors (Lipinski definition) is 0. The van der Waals surface area contributed by atoms with Crippen LogP contribution in [0, 0.1) is 0 Å². The molecule has 0 aliphatic rings. The molecule has 0 spiro atoms. The number of benzene rings is 3. The molecule has 0 aliphatic heterocycles. The molecule has 0 bridgehead atoms. The molecule has 0 aromatic heterocycles. The second kappa shape index (κ2) is 5.77. The predicted octanol–water partition coefficient (Wildman–Crippen LogP) is 5.44. The van der Waals surface area contributed by atoms with Gasteiger partial charge in [0.25, 0.3) is 0 Å². The third-order valence-corrected chi connectivity index (χ3v) is 4.31. The highest BCUT2D eigenvalue weighted by molar-refractivity contribution is 7.15. The van der Waals surface area contributed by atoms with Crippen LogP contribution in [0.2, 0.25) is 0 Å². The fourth-order valence-corrected chi connectivity index (χ4v) is 2.80. The van der Waals surface area contributed by atoms with Gasteiger partial charge in [-0.3, -0.25) is 0 Å². The molecule has 0 radical (unpaired) electrons. The van der Waals surface area contributed by atoms with Gasteiger partial charge in [-0.25, -0.2) is 0 Å². The first-order chi connectivity index (χ1) is 9.80. The Bertz CT molecular complexity index is 726. The molecule has 1 unspecified atom stereocenters. The van der Waals surface area contributed by atoms with Crippen molar-refractivity contribution in [2.45, 2.75) is 19.5 Å². The van der Waals surface area contributed by atoms with Crippen molar-refractivity contribution in [2.75, 3.05) is 0 Å².